The number of benzene rings is 1. The Morgan fingerprint density at radius 2 is 1.59 bits per heavy atom. The minimum atomic E-state index is -0.887. The zero-order valence-corrected chi connectivity index (χ0v) is 24.0. The second kappa shape index (κ2) is 11.4. The lowest BCUT2D eigenvalue weighted by Crippen LogP contribution is -2.44. The molecular weight excluding hydrogens is 535 g/mol. The lowest BCUT2D eigenvalue weighted by molar-refractivity contribution is 0.0429. The number of ether oxygens (including phenoxy) is 2. The van der Waals surface area contributed by atoms with Crippen LogP contribution < -0.4 is 4.90 Å². The van der Waals surface area contributed by atoms with E-state index in [9.17, 15) is 14.4 Å². The van der Waals surface area contributed by atoms with Crippen LogP contribution in [0.5, 0.6) is 0 Å². The second-order valence-electron chi connectivity index (χ2n) is 10.4. The van der Waals surface area contributed by atoms with Gasteiger partial charge in [-0.15, -0.1) is 22.9 Å². The molecule has 0 aliphatic carbocycles. The van der Waals surface area contributed by atoms with Crippen molar-refractivity contribution in [1.29, 1.82) is 0 Å². The normalized spacial score (nSPS) is 11.9. The lowest BCUT2D eigenvalue weighted by atomic mass is 10.0. The predicted octanol–water partition coefficient (Wildman–Crippen LogP) is 8.18. The van der Waals surface area contributed by atoms with Crippen molar-refractivity contribution in [3.8, 4) is 0 Å². The summed E-state index contributed by atoms with van der Waals surface area (Å²) in [4.78, 5) is 45.3. The van der Waals surface area contributed by atoms with Crippen LogP contribution in [0.1, 0.15) is 68.1 Å². The summed E-state index contributed by atoms with van der Waals surface area (Å²) in [7, 11) is 0. The zero-order chi connectivity index (χ0) is 27.5. The molecule has 0 bridgehead atoms. The third-order valence-electron chi connectivity index (χ3n) is 4.97. The third kappa shape index (κ3) is 7.66. The summed E-state index contributed by atoms with van der Waals surface area (Å²) in [6, 6.07) is 8.95. The number of Topliss-reactive ketones (excluding diaryl/α,β-unsaturated/α-hetero) is 1. The Bertz CT molecular complexity index is 1300. The molecule has 0 spiro atoms. The number of pyridine rings is 1. The van der Waals surface area contributed by atoms with Gasteiger partial charge in [0.25, 0.3) is 0 Å². The van der Waals surface area contributed by atoms with Crippen LogP contribution in [-0.4, -0.2) is 34.2 Å². The second-order valence-corrected chi connectivity index (χ2v) is 12.2. The number of hydrogen-bond acceptors (Lipinski definition) is 7. The first-order valence-electron chi connectivity index (χ1n) is 11.7. The van der Waals surface area contributed by atoms with E-state index in [1.54, 1.807) is 59.7 Å². The predicted molar refractivity (Wildman–Crippen MR) is 148 cm³/mol. The van der Waals surface area contributed by atoms with Gasteiger partial charge in [0, 0.05) is 22.9 Å². The molecule has 0 saturated carbocycles. The monoisotopic (exact) mass is 564 g/mol. The van der Waals surface area contributed by atoms with Gasteiger partial charge in [0.1, 0.15) is 11.2 Å². The minimum Gasteiger partial charge on any atom is -0.443 e. The van der Waals surface area contributed by atoms with Crippen LogP contribution in [0, 0.1) is 0 Å². The molecule has 7 nitrogen and oxygen atoms in total. The Balaban J connectivity index is 1.90. The molecule has 0 radical (unpaired) electrons. The van der Waals surface area contributed by atoms with E-state index in [1.165, 1.54) is 17.5 Å². The third-order valence-corrected chi connectivity index (χ3v) is 7.02. The molecule has 2 aromatic heterocycles. The average molecular weight is 566 g/mol. The lowest BCUT2D eigenvalue weighted by Gasteiger charge is -2.28. The summed E-state index contributed by atoms with van der Waals surface area (Å²) >= 11 is 13.3. The number of hydrogen-bond donors (Lipinski definition) is 0. The molecule has 0 aliphatic heterocycles. The van der Waals surface area contributed by atoms with Gasteiger partial charge in [-0.25, -0.2) is 14.6 Å². The van der Waals surface area contributed by atoms with E-state index >= 15 is 0 Å². The first-order chi connectivity index (χ1) is 17.2. The summed E-state index contributed by atoms with van der Waals surface area (Å²) in [5.41, 5.74) is -0.753. The number of carbonyl (C=O) groups is 3. The number of rotatable bonds is 6. The Morgan fingerprint density at radius 3 is 2.14 bits per heavy atom. The van der Waals surface area contributed by atoms with Gasteiger partial charge in [0.15, 0.2) is 11.6 Å². The number of fused-ring (bicyclic) bond motifs is 1. The molecule has 0 N–H and O–H groups in total. The van der Waals surface area contributed by atoms with Crippen LogP contribution in [0.4, 0.5) is 15.4 Å². The number of ketones is 1. The van der Waals surface area contributed by atoms with Crippen LogP contribution in [0.2, 0.25) is 5.02 Å². The minimum absolute atomic E-state index is 0.0141. The summed E-state index contributed by atoms with van der Waals surface area (Å²) < 4.78 is 11.0. The van der Waals surface area contributed by atoms with E-state index in [4.69, 9.17) is 32.7 Å². The maximum Gasteiger partial charge on any atom is 0.425 e. The van der Waals surface area contributed by atoms with Crippen molar-refractivity contribution >= 4 is 69.1 Å². The summed E-state index contributed by atoms with van der Waals surface area (Å²) in [6.07, 6.45) is 0.532. The van der Waals surface area contributed by atoms with E-state index < -0.39 is 23.4 Å². The van der Waals surface area contributed by atoms with E-state index in [0.29, 0.717) is 28.1 Å². The fourth-order valence-electron chi connectivity index (χ4n) is 3.42. The summed E-state index contributed by atoms with van der Waals surface area (Å²) in [5, 5.41) is 1.82. The number of alkyl halides is 1. The highest BCUT2D eigenvalue weighted by molar-refractivity contribution is 7.14. The van der Waals surface area contributed by atoms with Crippen molar-refractivity contribution in [2.24, 2.45) is 0 Å². The molecule has 0 atom stereocenters. The molecule has 2 heterocycles. The smallest absolute Gasteiger partial charge is 0.425 e. The number of imide groups is 1. The molecule has 0 saturated heterocycles. The van der Waals surface area contributed by atoms with Crippen molar-refractivity contribution < 1.29 is 23.9 Å². The molecule has 3 aromatic rings. The maximum atomic E-state index is 13.1. The van der Waals surface area contributed by atoms with Gasteiger partial charge in [-0.1, -0.05) is 29.8 Å². The van der Waals surface area contributed by atoms with Crippen LogP contribution in [0.3, 0.4) is 0 Å². The van der Waals surface area contributed by atoms with Crippen LogP contribution in [0.25, 0.3) is 10.8 Å². The Hall–Kier alpha value is -2.68. The first kappa shape index (κ1) is 28.9. The number of amides is 2. The zero-order valence-electron chi connectivity index (χ0n) is 21.7. The van der Waals surface area contributed by atoms with Crippen LogP contribution in [0.15, 0.2) is 36.5 Å². The largest absolute Gasteiger partial charge is 0.443 e. The van der Waals surface area contributed by atoms with Gasteiger partial charge in [-0.2, -0.15) is 4.90 Å². The number of anilines is 1. The van der Waals surface area contributed by atoms with Crippen LogP contribution >= 0.6 is 34.5 Å². The number of aromatic nitrogens is 1. The molecule has 3 rings (SSSR count). The van der Waals surface area contributed by atoms with Gasteiger partial charge in [-0.3, -0.25) is 4.79 Å². The highest BCUT2D eigenvalue weighted by atomic mass is 35.5. The van der Waals surface area contributed by atoms with Gasteiger partial charge in [0.2, 0.25) is 0 Å². The number of nitrogens with zero attached hydrogens (tertiary/aromatic N) is 2. The van der Waals surface area contributed by atoms with E-state index in [-0.39, 0.29) is 17.5 Å². The Morgan fingerprint density at radius 1 is 0.973 bits per heavy atom. The number of carbonyl (C=O) groups excluding carboxylic acids is 3. The van der Waals surface area contributed by atoms with Gasteiger partial charge in [-0.05, 0) is 71.0 Å². The fourth-order valence-corrected chi connectivity index (χ4v) is 5.03. The van der Waals surface area contributed by atoms with Gasteiger partial charge < -0.3 is 9.47 Å². The maximum absolute atomic E-state index is 13.1. The molecule has 0 aliphatic rings. The fraction of sp³-hybridized carbons (Fsp3) is 0.407. The van der Waals surface area contributed by atoms with Crippen molar-refractivity contribution in [2.45, 2.75) is 71.5 Å². The number of thiophene rings is 1. The quantitative estimate of drug-likeness (QED) is 0.221. The molecule has 10 heteroatoms. The summed E-state index contributed by atoms with van der Waals surface area (Å²) in [5.74, 6) is 0.354. The Labute approximate surface area is 230 Å². The van der Waals surface area contributed by atoms with E-state index in [1.807, 2.05) is 12.1 Å². The van der Waals surface area contributed by atoms with Crippen molar-refractivity contribution in [3.63, 3.8) is 0 Å². The molecule has 0 unspecified atom stereocenters. The molecule has 2 amide bonds. The highest BCUT2D eigenvalue weighted by Gasteiger charge is 2.34. The van der Waals surface area contributed by atoms with E-state index in [2.05, 4.69) is 4.98 Å². The average Bonchev–Trinajstić information content (AvgIpc) is 3.16. The Kier molecular flexibility index (Phi) is 8.88. The van der Waals surface area contributed by atoms with Crippen LogP contribution in [-0.2, 0) is 21.8 Å². The molecule has 198 valence electrons. The van der Waals surface area contributed by atoms with Crippen molar-refractivity contribution in [3.05, 3.63) is 56.9 Å². The standard InChI is InChI=1S/C27H30Cl2N2O5S/c1-26(2,3)35-24(33)31(25(34)36-27(4,5)6)23-18-9-7-16(13-17(18)11-12-30-23)8-10-20(32)21-14-19(29)22(15-28)37-21/h7,9,11-14H,8,10,15H2,1-6H3. The van der Waals surface area contributed by atoms with Crippen molar-refractivity contribution in [2.75, 3.05) is 4.90 Å². The van der Waals surface area contributed by atoms with Gasteiger partial charge in [0.05, 0.1) is 15.8 Å². The van der Waals surface area contributed by atoms with Crippen molar-refractivity contribution in [1.82, 2.24) is 4.98 Å². The van der Waals surface area contributed by atoms with Gasteiger partial charge >= 0.3 is 12.2 Å². The SMILES string of the molecule is CC(C)(C)OC(=O)N(C(=O)OC(C)(C)C)c1nccc2cc(CCC(=O)c3cc(Cl)c(CCl)s3)ccc12. The molecule has 1 aromatic carbocycles. The molecule has 37 heavy (non-hydrogen) atoms. The summed E-state index contributed by atoms with van der Waals surface area (Å²) in [6.45, 7) is 10.3. The van der Waals surface area contributed by atoms with E-state index in [0.717, 1.165) is 20.7 Å². The topological polar surface area (TPSA) is 85.8 Å². The molecule has 0 fully saturated rings. The molecular formula is C27H30Cl2N2O5S. The number of aryl methyl sites for hydroxylation is 1. The number of halogens is 2. The first-order valence-corrected chi connectivity index (χ1v) is 13.4. The highest BCUT2D eigenvalue weighted by Crippen LogP contribution is 2.31.